The molecule has 0 radical (unpaired) electrons. The normalized spacial score (nSPS) is 15.3. The molecule has 1 N–H and O–H groups in total. The van der Waals surface area contributed by atoms with E-state index in [-0.39, 0.29) is 11.1 Å². The Morgan fingerprint density at radius 3 is 2.58 bits per heavy atom. The molecule has 1 aliphatic rings. The number of nitrogens with one attached hydrogen (secondary N) is 1. The van der Waals surface area contributed by atoms with Crippen LogP contribution in [0.15, 0.2) is 53.7 Å². The molecule has 0 aliphatic carbocycles. The first-order valence-corrected chi connectivity index (χ1v) is 8.90. The maximum atomic E-state index is 10.8. The van der Waals surface area contributed by atoms with E-state index in [1.54, 1.807) is 12.1 Å². The van der Waals surface area contributed by atoms with Crippen LogP contribution < -0.4 is 10.2 Å². The van der Waals surface area contributed by atoms with Crippen molar-refractivity contribution in [2.75, 3.05) is 12.0 Å². The van der Waals surface area contributed by atoms with Gasteiger partial charge in [0.05, 0.1) is 11.5 Å². The van der Waals surface area contributed by atoms with Gasteiger partial charge in [-0.15, -0.1) is 10.2 Å². The second-order valence-electron chi connectivity index (χ2n) is 5.57. The Morgan fingerprint density at radius 2 is 1.92 bits per heavy atom. The van der Waals surface area contributed by atoms with Crippen LogP contribution in [0.2, 0.25) is 0 Å². The van der Waals surface area contributed by atoms with Gasteiger partial charge in [0.25, 0.3) is 5.69 Å². The maximum Gasteiger partial charge on any atom is 0.269 e. The van der Waals surface area contributed by atoms with Crippen molar-refractivity contribution in [2.24, 2.45) is 0 Å². The zero-order chi connectivity index (χ0) is 18.1. The molecule has 3 aromatic rings. The molecular weight excluding hydrogens is 354 g/mol. The van der Waals surface area contributed by atoms with Crippen molar-refractivity contribution >= 4 is 17.4 Å². The molecule has 0 spiro atoms. The molecule has 0 saturated carbocycles. The third-order valence-corrected chi connectivity index (χ3v) is 5.02. The summed E-state index contributed by atoms with van der Waals surface area (Å²) >= 11 is 1.51. The van der Waals surface area contributed by atoms with E-state index in [2.05, 4.69) is 15.6 Å². The van der Waals surface area contributed by atoms with Crippen LogP contribution in [-0.2, 0) is 0 Å². The minimum Gasteiger partial charge on any atom is -0.494 e. The first kappa shape index (κ1) is 16.4. The second kappa shape index (κ2) is 6.68. The van der Waals surface area contributed by atoms with E-state index in [1.165, 1.54) is 23.9 Å². The quantitative estimate of drug-likeness (QED) is 0.542. The monoisotopic (exact) mass is 369 g/mol. The second-order valence-corrected chi connectivity index (χ2v) is 6.65. The van der Waals surface area contributed by atoms with E-state index in [9.17, 15) is 10.1 Å². The molecule has 132 valence electrons. The maximum absolute atomic E-state index is 10.8. The summed E-state index contributed by atoms with van der Waals surface area (Å²) in [6.45, 7) is 2.56. The van der Waals surface area contributed by atoms with Gasteiger partial charge in [-0.25, -0.2) is 4.68 Å². The van der Waals surface area contributed by atoms with Gasteiger partial charge in [0.1, 0.15) is 11.1 Å². The highest BCUT2D eigenvalue weighted by Crippen LogP contribution is 2.40. The molecule has 1 aliphatic heterocycles. The molecule has 2 aromatic carbocycles. The zero-order valence-corrected chi connectivity index (χ0v) is 14.6. The Bertz CT molecular complexity index is 940. The van der Waals surface area contributed by atoms with Crippen LogP contribution in [0.25, 0.3) is 11.4 Å². The average molecular weight is 369 g/mol. The Balaban J connectivity index is 1.56. The van der Waals surface area contributed by atoms with Crippen LogP contribution in [0.1, 0.15) is 17.9 Å². The van der Waals surface area contributed by atoms with Gasteiger partial charge in [-0.1, -0.05) is 11.8 Å². The number of nitro benzene ring substituents is 1. The van der Waals surface area contributed by atoms with E-state index in [0.717, 1.165) is 22.0 Å². The number of thioether (sulfide) groups is 1. The summed E-state index contributed by atoms with van der Waals surface area (Å²) in [6.07, 6.45) is 0. The van der Waals surface area contributed by atoms with Crippen molar-refractivity contribution in [1.29, 1.82) is 0 Å². The molecule has 26 heavy (non-hydrogen) atoms. The highest BCUT2D eigenvalue weighted by Gasteiger charge is 2.28. The number of ether oxygens (including phenoxy) is 1. The summed E-state index contributed by atoms with van der Waals surface area (Å²) in [5.41, 5.74) is 5.27. The van der Waals surface area contributed by atoms with Crippen LogP contribution in [0.4, 0.5) is 5.69 Å². The summed E-state index contributed by atoms with van der Waals surface area (Å²) in [5.74, 6) is 1.52. The summed E-state index contributed by atoms with van der Waals surface area (Å²) < 4.78 is 7.30. The van der Waals surface area contributed by atoms with E-state index >= 15 is 0 Å². The molecule has 0 saturated heterocycles. The van der Waals surface area contributed by atoms with E-state index in [4.69, 9.17) is 4.74 Å². The number of benzene rings is 2. The predicted octanol–water partition coefficient (Wildman–Crippen LogP) is 3.60. The minimum absolute atomic E-state index is 0.0752. The molecule has 0 amide bonds. The molecule has 0 unspecified atom stereocenters. The largest absolute Gasteiger partial charge is 0.494 e. The molecule has 0 fully saturated rings. The van der Waals surface area contributed by atoms with E-state index in [0.29, 0.717) is 12.4 Å². The summed E-state index contributed by atoms with van der Waals surface area (Å²) in [7, 11) is 0. The van der Waals surface area contributed by atoms with Crippen LogP contribution in [0.5, 0.6) is 5.75 Å². The summed E-state index contributed by atoms with van der Waals surface area (Å²) in [6, 6.07) is 14.2. The molecule has 0 bridgehead atoms. The molecule has 4 rings (SSSR count). The van der Waals surface area contributed by atoms with Crippen molar-refractivity contribution < 1.29 is 9.66 Å². The van der Waals surface area contributed by atoms with Gasteiger partial charge in [0.2, 0.25) is 5.16 Å². The van der Waals surface area contributed by atoms with Gasteiger partial charge in [-0.3, -0.25) is 10.1 Å². The fourth-order valence-electron chi connectivity index (χ4n) is 2.68. The third-order valence-electron chi connectivity index (χ3n) is 3.93. The number of hydrogen-bond donors (Lipinski definition) is 1. The van der Waals surface area contributed by atoms with E-state index in [1.807, 2.05) is 35.9 Å². The minimum atomic E-state index is -0.405. The summed E-state index contributed by atoms with van der Waals surface area (Å²) in [4.78, 5) is 10.4. The fraction of sp³-hybridized carbons (Fsp3) is 0.176. The van der Waals surface area contributed by atoms with Crippen molar-refractivity contribution in [2.45, 2.75) is 17.5 Å². The van der Waals surface area contributed by atoms with Crippen LogP contribution in [-0.4, -0.2) is 26.4 Å². The Labute approximate surface area is 153 Å². The Hall–Kier alpha value is -3.07. The van der Waals surface area contributed by atoms with Gasteiger partial charge >= 0.3 is 0 Å². The van der Waals surface area contributed by atoms with Crippen LogP contribution in [0.3, 0.4) is 0 Å². The number of nitrogens with zero attached hydrogens (tertiary/aromatic N) is 4. The third kappa shape index (κ3) is 2.97. The number of rotatable bonds is 5. The van der Waals surface area contributed by atoms with Crippen molar-refractivity contribution in [3.63, 3.8) is 0 Å². The molecule has 1 aromatic heterocycles. The van der Waals surface area contributed by atoms with E-state index < -0.39 is 4.92 Å². The smallest absolute Gasteiger partial charge is 0.269 e. The zero-order valence-electron chi connectivity index (χ0n) is 13.8. The number of aromatic nitrogens is 3. The van der Waals surface area contributed by atoms with Crippen LogP contribution >= 0.6 is 11.8 Å². The fourth-order valence-corrected chi connectivity index (χ4v) is 3.67. The molecular formula is C17H15N5O3S. The lowest BCUT2D eigenvalue weighted by Crippen LogP contribution is -2.13. The van der Waals surface area contributed by atoms with Crippen molar-refractivity contribution in [3.05, 3.63) is 64.2 Å². The SMILES string of the molecule is CCOc1ccc(-c2nnc3n2N[C@H](c2ccc([N+](=O)[O-])cc2)S3)cc1. The lowest BCUT2D eigenvalue weighted by molar-refractivity contribution is -0.384. The highest BCUT2D eigenvalue weighted by atomic mass is 32.2. The summed E-state index contributed by atoms with van der Waals surface area (Å²) in [5, 5.41) is 19.9. The Kier molecular flexibility index (Phi) is 4.21. The number of fused-ring (bicyclic) bond motifs is 1. The van der Waals surface area contributed by atoms with Crippen molar-refractivity contribution in [1.82, 2.24) is 14.9 Å². The standard InChI is InChI=1S/C17H15N5O3S/c1-2-25-14-9-5-11(6-10-14)15-18-19-17-21(15)20-16(26-17)12-3-7-13(8-4-12)22(23)24/h3-10,16,20H,2H2,1H3/t16-/m0/s1. The predicted molar refractivity (Wildman–Crippen MR) is 97.7 cm³/mol. The first-order chi connectivity index (χ1) is 12.7. The van der Waals surface area contributed by atoms with Gasteiger partial charge in [0.15, 0.2) is 5.82 Å². The molecule has 8 nitrogen and oxygen atoms in total. The van der Waals surface area contributed by atoms with Crippen LogP contribution in [0, 0.1) is 10.1 Å². The van der Waals surface area contributed by atoms with Crippen molar-refractivity contribution in [3.8, 4) is 17.1 Å². The average Bonchev–Trinajstić information content (AvgIpc) is 3.23. The lowest BCUT2D eigenvalue weighted by Gasteiger charge is -2.12. The molecule has 1 atom stereocenters. The number of hydrogen-bond acceptors (Lipinski definition) is 7. The lowest BCUT2D eigenvalue weighted by atomic mass is 10.2. The number of nitro groups is 1. The Morgan fingerprint density at radius 1 is 1.19 bits per heavy atom. The topological polar surface area (TPSA) is 95.1 Å². The van der Waals surface area contributed by atoms with Gasteiger partial charge < -0.3 is 10.2 Å². The van der Waals surface area contributed by atoms with Gasteiger partial charge in [0, 0.05) is 17.7 Å². The molecule has 9 heteroatoms. The molecule has 2 heterocycles. The first-order valence-electron chi connectivity index (χ1n) is 8.02. The van der Waals surface area contributed by atoms with Gasteiger partial charge in [-0.2, -0.15) is 0 Å². The van der Waals surface area contributed by atoms with Gasteiger partial charge in [-0.05, 0) is 48.9 Å². The highest BCUT2D eigenvalue weighted by molar-refractivity contribution is 7.99. The number of non-ortho nitro benzene ring substituents is 1.